The lowest BCUT2D eigenvalue weighted by Gasteiger charge is -2.26. The Morgan fingerprint density at radius 3 is 2.93 bits per heavy atom. The number of nitrogens with zero attached hydrogens (tertiary/aromatic N) is 3. The molecule has 1 aliphatic heterocycles. The van der Waals surface area contributed by atoms with Crippen molar-refractivity contribution in [2.45, 2.75) is 6.92 Å². The van der Waals surface area contributed by atoms with Gasteiger partial charge in [-0.15, -0.1) is 5.10 Å². The highest BCUT2D eigenvalue weighted by atomic mass is 16.2. The van der Waals surface area contributed by atoms with Crippen LogP contribution in [0.3, 0.4) is 0 Å². The zero-order valence-corrected chi connectivity index (χ0v) is 8.03. The first-order chi connectivity index (χ1) is 6.75. The summed E-state index contributed by atoms with van der Waals surface area (Å²) in [5.41, 5.74) is 0.884. The predicted molar refractivity (Wildman–Crippen MR) is 52.0 cm³/mol. The average Bonchev–Trinajstić information content (AvgIpc) is 2.19. The van der Waals surface area contributed by atoms with Crippen LogP contribution in [0.15, 0.2) is 12.1 Å². The first kappa shape index (κ1) is 8.93. The van der Waals surface area contributed by atoms with Crippen LogP contribution in [0.2, 0.25) is 0 Å². The molecule has 0 aliphatic carbocycles. The SMILES string of the molecule is Cc1ccc(N2CCNC(=O)C2)nn1. The first-order valence-corrected chi connectivity index (χ1v) is 4.58. The van der Waals surface area contributed by atoms with E-state index in [1.54, 1.807) is 0 Å². The van der Waals surface area contributed by atoms with Crippen LogP contribution in [0, 0.1) is 6.92 Å². The van der Waals surface area contributed by atoms with E-state index in [0.29, 0.717) is 13.1 Å². The van der Waals surface area contributed by atoms with Gasteiger partial charge in [0, 0.05) is 13.1 Å². The van der Waals surface area contributed by atoms with Gasteiger partial charge in [-0.2, -0.15) is 5.10 Å². The van der Waals surface area contributed by atoms with E-state index in [0.717, 1.165) is 18.1 Å². The van der Waals surface area contributed by atoms with E-state index in [-0.39, 0.29) is 5.91 Å². The molecule has 5 heteroatoms. The average molecular weight is 192 g/mol. The molecule has 2 heterocycles. The van der Waals surface area contributed by atoms with Crippen LogP contribution in [0.25, 0.3) is 0 Å². The predicted octanol–water partition coefficient (Wildman–Crippen LogP) is -0.279. The van der Waals surface area contributed by atoms with Crippen molar-refractivity contribution < 1.29 is 4.79 Å². The number of carbonyl (C=O) groups is 1. The van der Waals surface area contributed by atoms with E-state index in [1.807, 2.05) is 24.0 Å². The summed E-state index contributed by atoms with van der Waals surface area (Å²) < 4.78 is 0. The van der Waals surface area contributed by atoms with E-state index < -0.39 is 0 Å². The van der Waals surface area contributed by atoms with Crippen LogP contribution in [-0.4, -0.2) is 35.7 Å². The molecular formula is C9H12N4O. The van der Waals surface area contributed by atoms with Gasteiger partial charge in [0.1, 0.15) is 0 Å². The minimum atomic E-state index is 0.0404. The number of hydrogen-bond donors (Lipinski definition) is 1. The monoisotopic (exact) mass is 192 g/mol. The molecule has 0 aromatic carbocycles. The maximum absolute atomic E-state index is 11.1. The number of anilines is 1. The number of nitrogens with one attached hydrogen (secondary N) is 1. The Bertz CT molecular complexity index is 335. The zero-order chi connectivity index (χ0) is 9.97. The van der Waals surface area contributed by atoms with Gasteiger partial charge >= 0.3 is 0 Å². The highest BCUT2D eigenvalue weighted by molar-refractivity contribution is 5.82. The number of rotatable bonds is 1. The van der Waals surface area contributed by atoms with Gasteiger partial charge in [-0.3, -0.25) is 4.79 Å². The Morgan fingerprint density at radius 2 is 2.29 bits per heavy atom. The number of hydrogen-bond acceptors (Lipinski definition) is 4. The highest BCUT2D eigenvalue weighted by Crippen LogP contribution is 2.09. The second-order valence-electron chi connectivity index (χ2n) is 3.30. The molecule has 0 spiro atoms. The van der Waals surface area contributed by atoms with Gasteiger partial charge in [0.15, 0.2) is 5.82 Å². The van der Waals surface area contributed by atoms with E-state index in [1.165, 1.54) is 0 Å². The lowest BCUT2D eigenvalue weighted by molar-refractivity contribution is -0.120. The van der Waals surface area contributed by atoms with Crippen molar-refractivity contribution in [3.05, 3.63) is 17.8 Å². The molecular weight excluding hydrogens is 180 g/mol. The van der Waals surface area contributed by atoms with Crippen LogP contribution >= 0.6 is 0 Å². The second kappa shape index (κ2) is 3.61. The van der Waals surface area contributed by atoms with Crippen molar-refractivity contribution >= 4 is 11.7 Å². The fourth-order valence-electron chi connectivity index (χ4n) is 1.39. The summed E-state index contributed by atoms with van der Waals surface area (Å²) in [5, 5.41) is 10.8. The molecule has 0 bridgehead atoms. The Morgan fingerprint density at radius 1 is 1.43 bits per heavy atom. The summed E-state index contributed by atoms with van der Waals surface area (Å²) in [6.45, 7) is 3.73. The Balaban J connectivity index is 2.14. The molecule has 1 aliphatic rings. The summed E-state index contributed by atoms with van der Waals surface area (Å²) in [6, 6.07) is 3.79. The summed E-state index contributed by atoms with van der Waals surface area (Å²) in [5.74, 6) is 0.809. The molecule has 5 nitrogen and oxygen atoms in total. The van der Waals surface area contributed by atoms with Crippen molar-refractivity contribution in [3.63, 3.8) is 0 Å². The molecule has 1 saturated heterocycles. The minimum absolute atomic E-state index is 0.0404. The first-order valence-electron chi connectivity index (χ1n) is 4.58. The second-order valence-corrected chi connectivity index (χ2v) is 3.30. The summed E-state index contributed by atoms with van der Waals surface area (Å²) in [7, 11) is 0. The number of carbonyl (C=O) groups excluding carboxylic acids is 1. The van der Waals surface area contributed by atoms with Crippen LogP contribution in [0.1, 0.15) is 5.69 Å². The molecule has 0 unspecified atom stereocenters. The third-order valence-electron chi connectivity index (χ3n) is 2.15. The van der Waals surface area contributed by atoms with Crippen LogP contribution in [-0.2, 0) is 4.79 Å². The van der Waals surface area contributed by atoms with Gasteiger partial charge in [-0.25, -0.2) is 0 Å². The fourth-order valence-corrected chi connectivity index (χ4v) is 1.39. The quantitative estimate of drug-likeness (QED) is 0.665. The van der Waals surface area contributed by atoms with Gasteiger partial charge < -0.3 is 10.2 Å². The molecule has 2 rings (SSSR count). The molecule has 0 saturated carbocycles. The van der Waals surface area contributed by atoms with Crippen LogP contribution in [0.4, 0.5) is 5.82 Å². The van der Waals surface area contributed by atoms with Crippen molar-refractivity contribution in [3.8, 4) is 0 Å². The smallest absolute Gasteiger partial charge is 0.239 e. The van der Waals surface area contributed by atoms with Crippen molar-refractivity contribution in [1.82, 2.24) is 15.5 Å². The molecule has 1 N–H and O–H groups in total. The van der Waals surface area contributed by atoms with Crippen molar-refractivity contribution in [2.75, 3.05) is 24.5 Å². The molecule has 74 valence electrons. The van der Waals surface area contributed by atoms with Gasteiger partial charge in [-0.1, -0.05) is 0 Å². The number of amides is 1. The normalized spacial score (nSPS) is 16.6. The van der Waals surface area contributed by atoms with E-state index in [2.05, 4.69) is 15.5 Å². The minimum Gasteiger partial charge on any atom is -0.353 e. The van der Waals surface area contributed by atoms with Gasteiger partial charge in [0.25, 0.3) is 0 Å². The molecule has 14 heavy (non-hydrogen) atoms. The standard InChI is InChI=1S/C9H12N4O/c1-7-2-3-8(12-11-7)13-5-4-10-9(14)6-13/h2-3H,4-6H2,1H3,(H,10,14). The molecule has 0 atom stereocenters. The van der Waals surface area contributed by atoms with E-state index in [4.69, 9.17) is 0 Å². The maximum atomic E-state index is 11.1. The van der Waals surface area contributed by atoms with E-state index >= 15 is 0 Å². The van der Waals surface area contributed by atoms with Crippen LogP contribution < -0.4 is 10.2 Å². The fraction of sp³-hybridized carbons (Fsp3) is 0.444. The largest absolute Gasteiger partial charge is 0.353 e. The Hall–Kier alpha value is -1.65. The zero-order valence-electron chi connectivity index (χ0n) is 8.03. The van der Waals surface area contributed by atoms with Gasteiger partial charge in [0.2, 0.25) is 5.91 Å². The Kier molecular flexibility index (Phi) is 2.30. The van der Waals surface area contributed by atoms with Gasteiger partial charge in [0.05, 0.1) is 12.2 Å². The summed E-state index contributed by atoms with van der Waals surface area (Å²) in [6.07, 6.45) is 0. The third kappa shape index (κ3) is 1.81. The molecule has 1 fully saturated rings. The number of aromatic nitrogens is 2. The third-order valence-corrected chi connectivity index (χ3v) is 2.15. The molecule has 1 aromatic heterocycles. The number of aryl methyl sites for hydroxylation is 1. The summed E-state index contributed by atoms with van der Waals surface area (Å²) in [4.78, 5) is 13.0. The maximum Gasteiger partial charge on any atom is 0.239 e. The van der Waals surface area contributed by atoms with E-state index in [9.17, 15) is 4.79 Å². The molecule has 1 amide bonds. The summed E-state index contributed by atoms with van der Waals surface area (Å²) >= 11 is 0. The highest BCUT2D eigenvalue weighted by Gasteiger charge is 2.17. The van der Waals surface area contributed by atoms with Crippen molar-refractivity contribution in [1.29, 1.82) is 0 Å². The lowest BCUT2D eigenvalue weighted by Crippen LogP contribution is -2.48. The Labute approximate surface area is 82.1 Å². The topological polar surface area (TPSA) is 58.1 Å². The lowest BCUT2D eigenvalue weighted by atomic mass is 10.3. The van der Waals surface area contributed by atoms with Crippen molar-refractivity contribution in [2.24, 2.45) is 0 Å². The van der Waals surface area contributed by atoms with Crippen LogP contribution in [0.5, 0.6) is 0 Å². The molecule has 0 radical (unpaired) electrons. The number of piperazine rings is 1. The van der Waals surface area contributed by atoms with Gasteiger partial charge in [-0.05, 0) is 19.1 Å². The molecule has 1 aromatic rings.